The normalized spacial score (nSPS) is 6.72. The minimum Gasteiger partial charge on any atom is -1.00 e. The van der Waals surface area contributed by atoms with E-state index in [-0.39, 0.29) is 112 Å². The van der Waals surface area contributed by atoms with Gasteiger partial charge in [0.05, 0.1) is 0 Å². The number of halogens is 2. The van der Waals surface area contributed by atoms with Gasteiger partial charge in [0.1, 0.15) is 0 Å². The number of hydrogen-bond acceptors (Lipinski definition) is 8. The molecule has 0 bridgehead atoms. The van der Waals surface area contributed by atoms with Crippen molar-refractivity contribution in [1.29, 1.82) is 0 Å². The zero-order valence-corrected chi connectivity index (χ0v) is 20.1. The third kappa shape index (κ3) is 147. The van der Waals surface area contributed by atoms with Crippen LogP contribution in [0.25, 0.3) is 0 Å². The van der Waals surface area contributed by atoms with Gasteiger partial charge >= 0.3 is 51.2 Å². The smallest absolute Gasteiger partial charge is 1.00 e. The van der Waals surface area contributed by atoms with E-state index < -0.39 is 0 Å². The molecule has 0 aliphatic heterocycles. The summed E-state index contributed by atoms with van der Waals surface area (Å²) in [5, 5.41) is 37.8. The molecule has 0 aliphatic rings. The van der Waals surface area contributed by atoms with E-state index in [2.05, 4.69) is 0 Å². The van der Waals surface area contributed by atoms with E-state index in [4.69, 9.17) is 22.9 Å². The summed E-state index contributed by atoms with van der Waals surface area (Å²) in [5.41, 5.74) is 19.8. The monoisotopic (exact) mass is 643 g/mol. The van der Waals surface area contributed by atoms with Gasteiger partial charge in [0, 0.05) is 0 Å². The van der Waals surface area contributed by atoms with Crippen LogP contribution in [0.5, 0.6) is 0 Å². The van der Waals surface area contributed by atoms with Gasteiger partial charge < -0.3 is 77.3 Å². The van der Waals surface area contributed by atoms with E-state index in [1.54, 1.807) is 0 Å². The van der Waals surface area contributed by atoms with Gasteiger partial charge in [-0.1, -0.05) is 25.7 Å². The van der Waals surface area contributed by atoms with Crippen LogP contribution in [0.15, 0.2) is 0 Å². The summed E-state index contributed by atoms with van der Waals surface area (Å²) in [7, 11) is 0. The van der Waals surface area contributed by atoms with E-state index >= 15 is 0 Å². The van der Waals surface area contributed by atoms with Crippen molar-refractivity contribution in [2.24, 2.45) is 22.9 Å². The Kier molecular flexibility index (Phi) is 186. The average Bonchev–Trinajstić information content (AvgIpc) is 2.44. The Labute approximate surface area is 205 Å². The maximum absolute atomic E-state index is 9.45. The maximum Gasteiger partial charge on any atom is 2.00 e. The summed E-state index contributed by atoms with van der Waals surface area (Å²) in [6.45, 7) is 2.00. The molecule has 0 fully saturated rings. The molecule has 0 aromatic carbocycles. The summed E-state index contributed by atoms with van der Waals surface area (Å²) < 4.78 is 0. The molecule has 8 N–H and O–H groups in total. The van der Waals surface area contributed by atoms with Gasteiger partial charge in [-0.2, -0.15) is 0 Å². The molecule has 0 rings (SSSR count). The maximum atomic E-state index is 9.45. The zero-order chi connectivity index (χ0) is 16.5. The van der Waals surface area contributed by atoms with E-state index in [1.807, 2.05) is 0 Å². The predicted octanol–water partition coefficient (Wildman–Crippen LogP) is -11.2. The molecule has 0 amide bonds. The minimum atomic E-state index is -0.0312. The summed E-state index contributed by atoms with van der Waals surface area (Å²) in [5.74, 6) is 0. The first kappa shape index (κ1) is 56.4. The summed E-state index contributed by atoms with van der Waals surface area (Å²) in [4.78, 5) is 0. The van der Waals surface area contributed by atoms with Crippen LogP contribution < -0.4 is 77.3 Å². The third-order valence-electron chi connectivity index (χ3n) is 1.39. The first-order valence-corrected chi connectivity index (χ1v) is 6.79. The van der Waals surface area contributed by atoms with Crippen molar-refractivity contribution in [2.45, 2.75) is 25.7 Å². The first-order valence-electron chi connectivity index (χ1n) is 6.79. The van der Waals surface area contributed by atoms with Crippen molar-refractivity contribution in [3.8, 4) is 0 Å². The van der Waals surface area contributed by atoms with Crippen LogP contribution in [-0.4, -0.2) is 52.6 Å². The van der Waals surface area contributed by atoms with E-state index in [9.17, 15) is 20.4 Å². The van der Waals surface area contributed by atoms with Crippen LogP contribution in [0.2, 0.25) is 0 Å². The van der Waals surface area contributed by atoms with Crippen LogP contribution in [0.1, 0.15) is 25.7 Å². The van der Waals surface area contributed by atoms with Gasteiger partial charge in [-0.05, 0) is 26.2 Å². The quantitative estimate of drug-likeness (QED) is 0.187. The molecular formula is C12H32Br2Cu3N4O4. The molecule has 0 saturated carbocycles. The van der Waals surface area contributed by atoms with E-state index in [0.29, 0.717) is 51.9 Å². The second kappa shape index (κ2) is 82.5. The van der Waals surface area contributed by atoms with Crippen LogP contribution >= 0.6 is 0 Å². The molecule has 0 heterocycles. The van der Waals surface area contributed by atoms with E-state index in [0.717, 1.165) is 0 Å². The van der Waals surface area contributed by atoms with Gasteiger partial charge in [-0.3, -0.25) is 0 Å². The van der Waals surface area contributed by atoms with Crippen molar-refractivity contribution >= 4 is 0 Å². The number of nitrogens with two attached hydrogens (primary N) is 4. The standard InChI is InChI=1S/4C3H8NO.2BrH.3Cu/c4*4-2-1-3-5;;;;;/h4*1-4H2;2*1H;;;/q4*-1;;;3*+2/p-2. The summed E-state index contributed by atoms with van der Waals surface area (Å²) in [6, 6.07) is 0. The van der Waals surface area contributed by atoms with Crippen LogP contribution in [0.3, 0.4) is 0 Å². The van der Waals surface area contributed by atoms with Gasteiger partial charge in [-0.15, -0.1) is 26.4 Å². The topological polar surface area (TPSA) is 196 Å². The average molecular weight is 647 g/mol. The molecule has 3 radical (unpaired) electrons. The molecule has 0 aromatic rings. The van der Waals surface area contributed by atoms with Crippen LogP contribution in [0.4, 0.5) is 0 Å². The fraction of sp³-hybridized carbons (Fsp3) is 1.00. The molecular weight excluding hydrogens is 615 g/mol. The predicted molar refractivity (Wildman–Crippen MR) is 74.2 cm³/mol. The summed E-state index contributed by atoms with van der Waals surface area (Å²) >= 11 is 0. The Morgan fingerprint density at radius 3 is 0.520 bits per heavy atom. The molecule has 13 heteroatoms. The zero-order valence-electron chi connectivity index (χ0n) is 14.1. The van der Waals surface area contributed by atoms with Gasteiger partial charge in [0.2, 0.25) is 0 Å². The molecule has 0 unspecified atom stereocenters. The molecule has 0 aliphatic carbocycles. The molecule has 0 aromatic heterocycles. The Morgan fingerprint density at radius 2 is 0.520 bits per heavy atom. The SMILES string of the molecule is NCCC[O-].NCCC[O-].NCCC[O-].NCCC[O-].[Br-].[Br-].[Cu+2].[Cu+2].[Cu+2]. The second-order valence-corrected chi connectivity index (χ2v) is 3.39. The van der Waals surface area contributed by atoms with Crippen LogP contribution in [-0.2, 0) is 51.2 Å². The third-order valence-corrected chi connectivity index (χ3v) is 1.39. The first-order chi connectivity index (χ1) is 9.66. The van der Waals surface area contributed by atoms with Gasteiger partial charge in [0.25, 0.3) is 0 Å². The number of rotatable bonds is 8. The molecule has 0 spiro atoms. The molecule has 25 heavy (non-hydrogen) atoms. The van der Waals surface area contributed by atoms with Gasteiger partial charge in [0.15, 0.2) is 0 Å². The molecule has 8 nitrogen and oxygen atoms in total. The Balaban J connectivity index is -0.0000000183. The largest absolute Gasteiger partial charge is 2.00 e. The Hall–Kier alpha value is 2.20. The van der Waals surface area contributed by atoms with Crippen molar-refractivity contribution in [3.63, 3.8) is 0 Å². The fourth-order valence-corrected chi connectivity index (χ4v) is 0.333. The van der Waals surface area contributed by atoms with Crippen molar-refractivity contribution in [1.82, 2.24) is 0 Å². The van der Waals surface area contributed by atoms with Crippen molar-refractivity contribution in [2.75, 3.05) is 52.6 Å². The van der Waals surface area contributed by atoms with Gasteiger partial charge in [-0.25, -0.2) is 0 Å². The molecule has 0 saturated heterocycles. The summed E-state index contributed by atoms with van der Waals surface area (Å²) in [6.07, 6.45) is 2.44. The van der Waals surface area contributed by atoms with E-state index in [1.165, 1.54) is 0 Å². The van der Waals surface area contributed by atoms with Crippen molar-refractivity contribution in [3.05, 3.63) is 0 Å². The van der Waals surface area contributed by atoms with Crippen molar-refractivity contribution < 1.29 is 106 Å². The minimum absolute atomic E-state index is 0. The molecule has 0 atom stereocenters. The Bertz CT molecular complexity index is 104. The fourth-order valence-electron chi connectivity index (χ4n) is 0.333. The van der Waals surface area contributed by atoms with Crippen LogP contribution in [0, 0.1) is 0 Å². The number of hydrogen-bond donors (Lipinski definition) is 4. The Morgan fingerprint density at radius 1 is 0.400 bits per heavy atom. The molecule has 171 valence electrons. The second-order valence-electron chi connectivity index (χ2n) is 3.39.